The van der Waals surface area contributed by atoms with Gasteiger partial charge in [-0.05, 0) is 55.0 Å². The van der Waals surface area contributed by atoms with E-state index in [1.54, 1.807) is 18.2 Å². The van der Waals surface area contributed by atoms with Gasteiger partial charge in [-0.3, -0.25) is 4.79 Å². The fourth-order valence-electron chi connectivity index (χ4n) is 2.60. The zero-order valence-electron chi connectivity index (χ0n) is 15.7. The van der Waals surface area contributed by atoms with Crippen LogP contribution >= 0.6 is 23.2 Å². The van der Waals surface area contributed by atoms with Gasteiger partial charge in [0.25, 0.3) is 0 Å². The van der Waals surface area contributed by atoms with Crippen LogP contribution in [0.3, 0.4) is 0 Å². The van der Waals surface area contributed by atoms with E-state index in [1.807, 2.05) is 43.3 Å². The summed E-state index contributed by atoms with van der Waals surface area (Å²) in [6, 6.07) is 19.7. The minimum Gasteiger partial charge on any atom is -0.454 e. The second-order valence-electron chi connectivity index (χ2n) is 6.54. The van der Waals surface area contributed by atoms with Crippen LogP contribution in [0, 0.1) is 6.92 Å². The largest absolute Gasteiger partial charge is 0.454 e. The van der Waals surface area contributed by atoms with Crippen LogP contribution in [0.15, 0.2) is 66.7 Å². The third kappa shape index (κ3) is 5.83. The van der Waals surface area contributed by atoms with E-state index in [4.69, 9.17) is 27.9 Å². The predicted molar refractivity (Wildman–Crippen MR) is 116 cm³/mol. The highest BCUT2D eigenvalue weighted by molar-refractivity contribution is 6.42. The molecule has 0 saturated heterocycles. The van der Waals surface area contributed by atoms with Gasteiger partial charge < -0.3 is 10.1 Å². The molecule has 0 aliphatic carbocycles. The normalized spacial score (nSPS) is 10.4. The minimum atomic E-state index is -0.559. The Balaban J connectivity index is 1.52. The minimum absolute atomic E-state index is 0.277. The molecule has 3 aromatic carbocycles. The third-order valence-corrected chi connectivity index (χ3v) is 5.05. The molecule has 0 unspecified atom stereocenters. The molecule has 0 spiro atoms. The van der Waals surface area contributed by atoms with Crippen molar-refractivity contribution in [3.8, 4) is 0 Å². The van der Waals surface area contributed by atoms with Crippen molar-refractivity contribution < 1.29 is 14.3 Å². The summed E-state index contributed by atoms with van der Waals surface area (Å²) < 4.78 is 5.11. The number of hydrogen-bond acceptors (Lipinski definition) is 4. The molecular weight excluding hydrogens is 409 g/mol. The molecule has 0 bridgehead atoms. The molecule has 0 atom stereocenters. The van der Waals surface area contributed by atoms with E-state index in [-0.39, 0.29) is 17.4 Å². The number of ether oxygens (including phenoxy) is 1. The average molecular weight is 428 g/mol. The lowest BCUT2D eigenvalue weighted by Gasteiger charge is -2.08. The molecule has 6 heteroatoms. The molecule has 4 nitrogen and oxygen atoms in total. The Bertz CT molecular complexity index is 1020. The summed E-state index contributed by atoms with van der Waals surface area (Å²) in [7, 11) is 0. The Labute approximate surface area is 179 Å². The number of benzene rings is 3. The summed E-state index contributed by atoms with van der Waals surface area (Å²) in [6.45, 7) is 2.31. The molecule has 0 aliphatic rings. The van der Waals surface area contributed by atoms with Crippen molar-refractivity contribution in [3.05, 3.63) is 99.0 Å². The number of rotatable bonds is 7. The van der Waals surface area contributed by atoms with Crippen molar-refractivity contribution >= 4 is 40.6 Å². The summed E-state index contributed by atoms with van der Waals surface area (Å²) in [6.07, 6.45) is 0. The van der Waals surface area contributed by atoms with Crippen molar-refractivity contribution in [1.29, 1.82) is 0 Å². The van der Waals surface area contributed by atoms with Crippen molar-refractivity contribution in [1.82, 2.24) is 0 Å². The van der Waals surface area contributed by atoms with Crippen molar-refractivity contribution in [2.45, 2.75) is 13.5 Å². The summed E-state index contributed by atoms with van der Waals surface area (Å²) in [5.41, 5.74) is 3.97. The van der Waals surface area contributed by atoms with Crippen LogP contribution in [0.2, 0.25) is 10.0 Å². The van der Waals surface area contributed by atoms with E-state index in [0.29, 0.717) is 22.7 Å². The van der Waals surface area contributed by atoms with Crippen LogP contribution in [0.5, 0.6) is 0 Å². The van der Waals surface area contributed by atoms with Crippen molar-refractivity contribution in [2.24, 2.45) is 0 Å². The number of hydrogen-bond donors (Lipinski definition) is 1. The Kier molecular flexibility index (Phi) is 6.91. The highest BCUT2D eigenvalue weighted by Crippen LogP contribution is 2.23. The van der Waals surface area contributed by atoms with Crippen LogP contribution < -0.4 is 5.32 Å². The predicted octanol–water partition coefficient (Wildman–Crippen LogP) is 5.95. The number of Topliss-reactive ketones (excluding diaryl/α,β-unsaturated/α-hetero) is 1. The van der Waals surface area contributed by atoms with Crippen LogP contribution in [0.4, 0.5) is 5.69 Å². The first-order valence-electron chi connectivity index (χ1n) is 8.97. The van der Waals surface area contributed by atoms with E-state index in [0.717, 1.165) is 11.3 Å². The second-order valence-corrected chi connectivity index (χ2v) is 7.36. The molecule has 0 amide bonds. The van der Waals surface area contributed by atoms with Crippen molar-refractivity contribution in [3.63, 3.8) is 0 Å². The molecule has 1 N–H and O–H groups in total. The van der Waals surface area contributed by atoms with E-state index in [9.17, 15) is 9.59 Å². The number of aryl methyl sites for hydroxylation is 1. The SMILES string of the molecule is Cc1ccc(NCc2ccc(C(=O)OCC(=O)c3ccc(Cl)c(Cl)c3)cc2)cc1. The number of anilines is 1. The molecule has 0 aromatic heterocycles. The van der Waals surface area contributed by atoms with Gasteiger partial charge in [0.15, 0.2) is 12.4 Å². The average Bonchev–Trinajstić information content (AvgIpc) is 2.73. The summed E-state index contributed by atoms with van der Waals surface area (Å²) >= 11 is 11.7. The van der Waals surface area contributed by atoms with Gasteiger partial charge in [-0.1, -0.05) is 53.0 Å². The fraction of sp³-hybridized carbons (Fsp3) is 0.130. The summed E-state index contributed by atoms with van der Waals surface area (Å²) in [5.74, 6) is -0.910. The maximum Gasteiger partial charge on any atom is 0.338 e. The molecular formula is C23H19Cl2NO3. The van der Waals surface area contributed by atoms with Gasteiger partial charge >= 0.3 is 5.97 Å². The molecule has 3 rings (SSSR count). The van der Waals surface area contributed by atoms with Crippen LogP contribution in [0.25, 0.3) is 0 Å². The van der Waals surface area contributed by atoms with Crippen LogP contribution in [-0.2, 0) is 11.3 Å². The number of ketones is 1. The first kappa shape index (κ1) is 20.9. The quantitative estimate of drug-likeness (QED) is 0.373. The van der Waals surface area contributed by atoms with E-state index >= 15 is 0 Å². The van der Waals surface area contributed by atoms with Gasteiger partial charge in [-0.25, -0.2) is 4.79 Å². The standard InChI is InChI=1S/C23H19Cl2NO3/c1-15-2-9-19(10-3-15)26-13-16-4-6-17(7-5-16)23(28)29-14-22(27)18-8-11-20(24)21(25)12-18/h2-12,26H,13-14H2,1H3. The third-order valence-electron chi connectivity index (χ3n) is 4.31. The van der Waals surface area contributed by atoms with Crippen LogP contribution in [0.1, 0.15) is 31.8 Å². The lowest BCUT2D eigenvalue weighted by molar-refractivity contribution is 0.0475. The number of carbonyl (C=O) groups is 2. The number of nitrogens with one attached hydrogen (secondary N) is 1. The molecule has 0 fully saturated rings. The fourth-order valence-corrected chi connectivity index (χ4v) is 2.90. The molecule has 0 aliphatic heterocycles. The Morgan fingerprint density at radius 2 is 1.52 bits per heavy atom. The zero-order chi connectivity index (χ0) is 20.8. The molecule has 0 radical (unpaired) electrons. The first-order chi connectivity index (χ1) is 13.9. The van der Waals surface area contributed by atoms with Gasteiger partial charge in [0.2, 0.25) is 0 Å². The highest BCUT2D eigenvalue weighted by Gasteiger charge is 2.13. The molecule has 0 heterocycles. The van der Waals surface area contributed by atoms with Gasteiger partial charge in [0.05, 0.1) is 15.6 Å². The first-order valence-corrected chi connectivity index (χ1v) is 9.73. The molecule has 0 saturated carbocycles. The summed E-state index contributed by atoms with van der Waals surface area (Å²) in [5, 5.41) is 3.96. The van der Waals surface area contributed by atoms with Gasteiger partial charge in [-0.15, -0.1) is 0 Å². The maximum absolute atomic E-state index is 12.2. The van der Waals surface area contributed by atoms with Gasteiger partial charge in [-0.2, -0.15) is 0 Å². The number of halogens is 2. The maximum atomic E-state index is 12.2. The van der Waals surface area contributed by atoms with E-state index < -0.39 is 5.97 Å². The molecule has 29 heavy (non-hydrogen) atoms. The molecule has 3 aromatic rings. The van der Waals surface area contributed by atoms with Crippen LogP contribution in [-0.4, -0.2) is 18.4 Å². The van der Waals surface area contributed by atoms with E-state index in [2.05, 4.69) is 5.32 Å². The topological polar surface area (TPSA) is 55.4 Å². The van der Waals surface area contributed by atoms with Crippen molar-refractivity contribution in [2.75, 3.05) is 11.9 Å². The Morgan fingerprint density at radius 3 is 2.17 bits per heavy atom. The monoisotopic (exact) mass is 427 g/mol. The Hall–Kier alpha value is -2.82. The lowest BCUT2D eigenvalue weighted by Crippen LogP contribution is -2.14. The van der Waals surface area contributed by atoms with Gasteiger partial charge in [0.1, 0.15) is 0 Å². The van der Waals surface area contributed by atoms with E-state index in [1.165, 1.54) is 17.7 Å². The molecule has 148 valence electrons. The summed E-state index contributed by atoms with van der Waals surface area (Å²) in [4.78, 5) is 24.3. The van der Waals surface area contributed by atoms with Gasteiger partial charge in [0, 0.05) is 17.8 Å². The lowest BCUT2D eigenvalue weighted by atomic mass is 10.1. The number of carbonyl (C=O) groups excluding carboxylic acids is 2. The highest BCUT2D eigenvalue weighted by atomic mass is 35.5. The number of esters is 1. The zero-order valence-corrected chi connectivity index (χ0v) is 17.3. The second kappa shape index (κ2) is 9.59. The Morgan fingerprint density at radius 1 is 0.862 bits per heavy atom. The smallest absolute Gasteiger partial charge is 0.338 e.